The first-order chi connectivity index (χ1) is 9.40. The fourth-order valence-corrected chi connectivity index (χ4v) is 2.86. The SMILES string of the molecule is Cc1cc(C(=O)O)c(NC(=O)c2cccc(Cl)c2C)s1. The number of thiophene rings is 1. The minimum Gasteiger partial charge on any atom is -0.478 e. The average Bonchev–Trinajstić information content (AvgIpc) is 2.73. The maximum Gasteiger partial charge on any atom is 0.338 e. The van der Waals surface area contributed by atoms with Gasteiger partial charge in [0.2, 0.25) is 0 Å². The smallest absolute Gasteiger partial charge is 0.338 e. The van der Waals surface area contributed by atoms with Gasteiger partial charge in [-0.2, -0.15) is 0 Å². The normalized spacial score (nSPS) is 10.3. The quantitative estimate of drug-likeness (QED) is 0.901. The summed E-state index contributed by atoms with van der Waals surface area (Å²) in [6, 6.07) is 6.57. The Kier molecular flexibility index (Phi) is 4.11. The molecule has 0 aliphatic rings. The van der Waals surface area contributed by atoms with Crippen LogP contribution in [0.25, 0.3) is 0 Å². The van der Waals surface area contributed by atoms with Crippen molar-refractivity contribution in [3.8, 4) is 0 Å². The van der Waals surface area contributed by atoms with Gasteiger partial charge in [-0.25, -0.2) is 4.79 Å². The van der Waals surface area contributed by atoms with Gasteiger partial charge in [0.1, 0.15) is 5.00 Å². The second kappa shape index (κ2) is 5.64. The number of carboxylic acids is 1. The number of amides is 1. The van der Waals surface area contributed by atoms with Crippen LogP contribution in [0.2, 0.25) is 5.02 Å². The molecule has 0 spiro atoms. The van der Waals surface area contributed by atoms with Crippen LogP contribution in [-0.4, -0.2) is 17.0 Å². The van der Waals surface area contributed by atoms with Gasteiger partial charge in [-0.15, -0.1) is 11.3 Å². The van der Waals surface area contributed by atoms with Crippen LogP contribution in [-0.2, 0) is 0 Å². The van der Waals surface area contributed by atoms with Crippen molar-refractivity contribution in [2.24, 2.45) is 0 Å². The maximum atomic E-state index is 12.2. The van der Waals surface area contributed by atoms with Gasteiger partial charge >= 0.3 is 5.97 Å². The van der Waals surface area contributed by atoms with E-state index < -0.39 is 5.97 Å². The molecule has 0 radical (unpaired) electrons. The highest BCUT2D eigenvalue weighted by atomic mass is 35.5. The number of hydrogen-bond acceptors (Lipinski definition) is 3. The molecule has 1 aromatic carbocycles. The van der Waals surface area contributed by atoms with E-state index >= 15 is 0 Å². The van der Waals surface area contributed by atoms with E-state index in [9.17, 15) is 9.59 Å². The van der Waals surface area contributed by atoms with Gasteiger partial charge < -0.3 is 10.4 Å². The highest BCUT2D eigenvalue weighted by Gasteiger charge is 2.18. The van der Waals surface area contributed by atoms with Crippen LogP contribution in [0.5, 0.6) is 0 Å². The molecule has 0 saturated heterocycles. The summed E-state index contributed by atoms with van der Waals surface area (Å²) in [5.41, 5.74) is 1.19. The van der Waals surface area contributed by atoms with E-state index in [0.717, 1.165) is 4.88 Å². The summed E-state index contributed by atoms with van der Waals surface area (Å²) in [5.74, 6) is -1.43. The molecule has 2 aromatic rings. The molecule has 6 heteroatoms. The van der Waals surface area contributed by atoms with Gasteiger partial charge in [-0.05, 0) is 37.6 Å². The van der Waals surface area contributed by atoms with Gasteiger partial charge in [0, 0.05) is 15.5 Å². The van der Waals surface area contributed by atoms with Crippen molar-refractivity contribution in [3.63, 3.8) is 0 Å². The van der Waals surface area contributed by atoms with Crippen LogP contribution in [0.15, 0.2) is 24.3 Å². The lowest BCUT2D eigenvalue weighted by atomic mass is 10.1. The molecule has 0 aliphatic carbocycles. The first-order valence-corrected chi connectivity index (χ1v) is 6.99. The fourth-order valence-electron chi connectivity index (χ4n) is 1.79. The second-order valence-corrected chi connectivity index (χ2v) is 5.94. The highest BCUT2D eigenvalue weighted by Crippen LogP contribution is 2.28. The lowest BCUT2D eigenvalue weighted by Gasteiger charge is -2.08. The fraction of sp³-hybridized carbons (Fsp3) is 0.143. The van der Waals surface area contributed by atoms with Crippen molar-refractivity contribution in [1.82, 2.24) is 0 Å². The van der Waals surface area contributed by atoms with Crippen LogP contribution in [0.4, 0.5) is 5.00 Å². The minimum absolute atomic E-state index is 0.0977. The summed E-state index contributed by atoms with van der Waals surface area (Å²) in [6.45, 7) is 3.53. The standard InChI is InChI=1S/C14H12ClNO3S/c1-7-6-10(14(18)19)13(20-7)16-12(17)9-4-3-5-11(15)8(9)2/h3-6H,1-2H3,(H,16,17)(H,18,19). The van der Waals surface area contributed by atoms with E-state index in [0.29, 0.717) is 21.2 Å². The van der Waals surface area contributed by atoms with Crippen LogP contribution in [0.1, 0.15) is 31.2 Å². The molecular formula is C14H12ClNO3S. The summed E-state index contributed by atoms with van der Waals surface area (Å²) in [5, 5.41) is 12.6. The van der Waals surface area contributed by atoms with Gasteiger partial charge in [0.25, 0.3) is 5.91 Å². The minimum atomic E-state index is -1.06. The number of nitrogens with one attached hydrogen (secondary N) is 1. The summed E-state index contributed by atoms with van der Waals surface area (Å²) in [6.07, 6.45) is 0. The van der Waals surface area contributed by atoms with E-state index in [2.05, 4.69) is 5.32 Å². The van der Waals surface area contributed by atoms with Gasteiger partial charge in [0.15, 0.2) is 0 Å². The topological polar surface area (TPSA) is 66.4 Å². The van der Waals surface area contributed by atoms with Crippen molar-refractivity contribution in [2.75, 3.05) is 5.32 Å². The van der Waals surface area contributed by atoms with Gasteiger partial charge in [-0.1, -0.05) is 17.7 Å². The van der Waals surface area contributed by atoms with E-state index in [1.807, 2.05) is 0 Å². The monoisotopic (exact) mass is 309 g/mol. The van der Waals surface area contributed by atoms with Crippen molar-refractivity contribution < 1.29 is 14.7 Å². The molecule has 0 unspecified atom stereocenters. The molecule has 104 valence electrons. The lowest BCUT2D eigenvalue weighted by molar-refractivity contribution is 0.0698. The largest absolute Gasteiger partial charge is 0.478 e. The van der Waals surface area contributed by atoms with E-state index in [-0.39, 0.29) is 11.5 Å². The number of halogens is 1. The van der Waals surface area contributed by atoms with Gasteiger partial charge in [0.05, 0.1) is 5.56 Å². The molecule has 1 heterocycles. The number of carbonyl (C=O) groups is 2. The molecule has 2 N–H and O–H groups in total. The lowest BCUT2D eigenvalue weighted by Crippen LogP contribution is -2.14. The molecule has 1 aromatic heterocycles. The van der Waals surface area contributed by atoms with Crippen molar-refractivity contribution in [1.29, 1.82) is 0 Å². The number of carboxylic acid groups (broad SMARTS) is 1. The van der Waals surface area contributed by atoms with Crippen LogP contribution >= 0.6 is 22.9 Å². The molecule has 2 rings (SSSR count). The molecule has 4 nitrogen and oxygen atoms in total. The Bertz CT molecular complexity index is 694. The van der Waals surface area contributed by atoms with E-state index in [4.69, 9.17) is 16.7 Å². The zero-order valence-electron chi connectivity index (χ0n) is 10.9. The molecule has 0 saturated carbocycles. The Morgan fingerprint density at radius 3 is 2.60 bits per heavy atom. The average molecular weight is 310 g/mol. The van der Waals surface area contributed by atoms with Crippen LogP contribution in [0, 0.1) is 13.8 Å². The number of anilines is 1. The maximum absolute atomic E-state index is 12.2. The third-order valence-electron chi connectivity index (χ3n) is 2.83. The molecule has 0 aliphatic heterocycles. The van der Waals surface area contributed by atoms with Crippen LogP contribution < -0.4 is 5.32 Å². The summed E-state index contributed by atoms with van der Waals surface area (Å²) < 4.78 is 0. The summed E-state index contributed by atoms with van der Waals surface area (Å²) >= 11 is 7.21. The number of aryl methyl sites for hydroxylation is 1. The number of aromatic carboxylic acids is 1. The predicted octanol–water partition coefficient (Wildman–Crippen LogP) is 3.97. The Balaban J connectivity index is 2.33. The first kappa shape index (κ1) is 14.6. The zero-order valence-corrected chi connectivity index (χ0v) is 12.4. The van der Waals surface area contributed by atoms with E-state index in [1.54, 1.807) is 32.0 Å². The molecule has 0 fully saturated rings. The first-order valence-electron chi connectivity index (χ1n) is 5.80. The third-order valence-corrected chi connectivity index (χ3v) is 4.20. The van der Waals surface area contributed by atoms with Crippen LogP contribution in [0.3, 0.4) is 0 Å². The summed E-state index contributed by atoms with van der Waals surface area (Å²) in [7, 11) is 0. The number of hydrogen-bond donors (Lipinski definition) is 2. The molecule has 0 atom stereocenters. The molecule has 1 amide bonds. The number of benzene rings is 1. The van der Waals surface area contributed by atoms with Gasteiger partial charge in [-0.3, -0.25) is 4.79 Å². The number of carbonyl (C=O) groups excluding carboxylic acids is 1. The van der Waals surface area contributed by atoms with Crippen molar-refractivity contribution >= 4 is 39.8 Å². The Hall–Kier alpha value is -1.85. The Morgan fingerprint density at radius 1 is 1.25 bits per heavy atom. The van der Waals surface area contributed by atoms with Crippen molar-refractivity contribution in [2.45, 2.75) is 13.8 Å². The third kappa shape index (κ3) is 2.84. The van der Waals surface area contributed by atoms with E-state index in [1.165, 1.54) is 17.4 Å². The Labute approximate surface area is 125 Å². The predicted molar refractivity (Wildman–Crippen MR) is 80.2 cm³/mol. The molecule has 20 heavy (non-hydrogen) atoms. The molecular weight excluding hydrogens is 298 g/mol. The number of rotatable bonds is 3. The summed E-state index contributed by atoms with van der Waals surface area (Å²) in [4.78, 5) is 24.1. The van der Waals surface area contributed by atoms with Crippen molar-refractivity contribution in [3.05, 3.63) is 50.9 Å². The molecule has 0 bridgehead atoms. The Morgan fingerprint density at radius 2 is 1.95 bits per heavy atom. The second-order valence-electron chi connectivity index (χ2n) is 4.27. The highest BCUT2D eigenvalue weighted by molar-refractivity contribution is 7.16. The zero-order chi connectivity index (χ0) is 14.9.